The molecule has 0 atom stereocenters. The second-order valence-electron chi connectivity index (χ2n) is 4.84. The molecular formula is C17H13Cl2N3. The highest BCUT2D eigenvalue weighted by Gasteiger charge is 2.03. The monoisotopic (exact) mass is 329 g/mol. The summed E-state index contributed by atoms with van der Waals surface area (Å²) < 4.78 is 0. The van der Waals surface area contributed by atoms with Crippen molar-refractivity contribution in [1.29, 1.82) is 0 Å². The highest BCUT2D eigenvalue weighted by molar-refractivity contribution is 6.31. The molecule has 3 aromatic rings. The van der Waals surface area contributed by atoms with Crippen LogP contribution in [-0.4, -0.2) is 10.7 Å². The molecule has 0 aliphatic rings. The minimum absolute atomic E-state index is 0.665. The highest BCUT2D eigenvalue weighted by Crippen LogP contribution is 2.24. The quantitative estimate of drug-likeness (QED) is 0.517. The number of fused-ring (bicyclic) bond motifs is 1. The first-order valence-electron chi connectivity index (χ1n) is 6.74. The molecule has 0 saturated carbocycles. The summed E-state index contributed by atoms with van der Waals surface area (Å²) in [4.78, 5) is 4.31. The molecule has 0 radical (unpaired) electrons. The molecule has 3 nitrogen and oxygen atoms in total. The van der Waals surface area contributed by atoms with Crippen molar-refractivity contribution in [3.05, 3.63) is 70.3 Å². The molecule has 110 valence electrons. The first-order valence-corrected chi connectivity index (χ1v) is 7.49. The Morgan fingerprint density at radius 2 is 1.73 bits per heavy atom. The van der Waals surface area contributed by atoms with Gasteiger partial charge < -0.3 is 0 Å². The van der Waals surface area contributed by atoms with Gasteiger partial charge in [-0.25, -0.2) is 0 Å². The van der Waals surface area contributed by atoms with Crippen LogP contribution < -0.4 is 5.43 Å². The number of hydrogen-bond donors (Lipinski definition) is 1. The van der Waals surface area contributed by atoms with Crippen LogP contribution >= 0.6 is 23.2 Å². The number of nitrogens with one attached hydrogen (secondary N) is 1. The zero-order chi connectivity index (χ0) is 15.5. The van der Waals surface area contributed by atoms with Crippen LogP contribution in [0.15, 0.2) is 59.8 Å². The maximum absolute atomic E-state index is 5.99. The molecule has 1 N–H and O–H groups in total. The van der Waals surface area contributed by atoms with Crippen molar-refractivity contribution in [2.24, 2.45) is 5.10 Å². The van der Waals surface area contributed by atoms with E-state index in [1.165, 1.54) is 0 Å². The van der Waals surface area contributed by atoms with Crippen LogP contribution in [0.3, 0.4) is 0 Å². The van der Waals surface area contributed by atoms with Gasteiger partial charge in [0.15, 0.2) is 0 Å². The lowest BCUT2D eigenvalue weighted by Crippen LogP contribution is -2.00. The van der Waals surface area contributed by atoms with Crippen LogP contribution in [0.25, 0.3) is 10.9 Å². The third-order valence-electron chi connectivity index (χ3n) is 3.31. The average molecular weight is 330 g/mol. The summed E-state index contributed by atoms with van der Waals surface area (Å²) in [6.45, 7) is 1.94. The molecule has 22 heavy (non-hydrogen) atoms. The zero-order valence-corrected chi connectivity index (χ0v) is 13.4. The minimum atomic E-state index is 0.665. The van der Waals surface area contributed by atoms with Crippen molar-refractivity contribution >= 4 is 45.5 Å². The third-order valence-corrected chi connectivity index (χ3v) is 3.80. The Kier molecular flexibility index (Phi) is 4.27. The average Bonchev–Trinajstić information content (AvgIpc) is 2.52. The van der Waals surface area contributed by atoms with Crippen LogP contribution in [-0.2, 0) is 0 Å². The maximum Gasteiger partial charge on any atom is 0.0738 e. The zero-order valence-electron chi connectivity index (χ0n) is 11.8. The minimum Gasteiger partial charge on any atom is -0.277 e. The Labute approximate surface area is 138 Å². The summed E-state index contributed by atoms with van der Waals surface area (Å²) in [5, 5.41) is 6.78. The predicted octanol–water partition coefficient (Wildman–Crippen LogP) is 5.38. The lowest BCUT2D eigenvalue weighted by Gasteiger charge is -2.07. The number of benzene rings is 2. The number of nitrogens with zero attached hydrogens (tertiary/aromatic N) is 2. The summed E-state index contributed by atoms with van der Waals surface area (Å²) in [5.41, 5.74) is 6.69. The Balaban J connectivity index is 1.90. The molecule has 0 aliphatic carbocycles. The fourth-order valence-electron chi connectivity index (χ4n) is 2.12. The van der Waals surface area contributed by atoms with Crippen molar-refractivity contribution in [2.45, 2.75) is 6.92 Å². The van der Waals surface area contributed by atoms with E-state index in [1.807, 2.05) is 55.5 Å². The van der Waals surface area contributed by atoms with Crippen molar-refractivity contribution in [2.75, 3.05) is 5.43 Å². The molecule has 1 heterocycles. The van der Waals surface area contributed by atoms with E-state index in [-0.39, 0.29) is 0 Å². The van der Waals surface area contributed by atoms with Crippen LogP contribution in [0.5, 0.6) is 0 Å². The van der Waals surface area contributed by atoms with E-state index >= 15 is 0 Å². The SMILES string of the molecule is C/C(=N/Nc1ccnc2cc(Cl)ccc12)c1ccc(Cl)cc1. The molecule has 5 heteroatoms. The second kappa shape index (κ2) is 6.34. The Hall–Kier alpha value is -2.10. The number of anilines is 1. The van der Waals surface area contributed by atoms with Gasteiger partial charge in [0.05, 0.1) is 16.9 Å². The van der Waals surface area contributed by atoms with E-state index in [0.717, 1.165) is 27.9 Å². The topological polar surface area (TPSA) is 37.3 Å². The smallest absolute Gasteiger partial charge is 0.0738 e. The van der Waals surface area contributed by atoms with Gasteiger partial charge in [-0.05, 0) is 48.9 Å². The number of hydrogen-bond acceptors (Lipinski definition) is 3. The number of hydrazone groups is 1. The molecule has 0 spiro atoms. The summed E-state index contributed by atoms with van der Waals surface area (Å²) in [5.74, 6) is 0. The highest BCUT2D eigenvalue weighted by atomic mass is 35.5. The Bertz CT molecular complexity index is 842. The van der Waals surface area contributed by atoms with Crippen LogP contribution in [0.4, 0.5) is 5.69 Å². The molecule has 2 aromatic carbocycles. The van der Waals surface area contributed by atoms with Crippen LogP contribution in [0, 0.1) is 0 Å². The molecule has 0 unspecified atom stereocenters. The molecule has 3 rings (SSSR count). The largest absolute Gasteiger partial charge is 0.277 e. The van der Waals surface area contributed by atoms with Gasteiger partial charge in [-0.15, -0.1) is 0 Å². The van der Waals surface area contributed by atoms with E-state index in [0.29, 0.717) is 10.0 Å². The van der Waals surface area contributed by atoms with E-state index in [1.54, 1.807) is 6.20 Å². The van der Waals surface area contributed by atoms with Gasteiger partial charge in [0.25, 0.3) is 0 Å². The molecular weight excluding hydrogens is 317 g/mol. The van der Waals surface area contributed by atoms with E-state index in [4.69, 9.17) is 23.2 Å². The fraction of sp³-hybridized carbons (Fsp3) is 0.0588. The van der Waals surface area contributed by atoms with Gasteiger partial charge in [-0.2, -0.15) is 5.10 Å². The second-order valence-corrected chi connectivity index (χ2v) is 5.71. The van der Waals surface area contributed by atoms with Crippen LogP contribution in [0.1, 0.15) is 12.5 Å². The van der Waals surface area contributed by atoms with Crippen LogP contribution in [0.2, 0.25) is 10.0 Å². The van der Waals surface area contributed by atoms with Gasteiger partial charge in [-0.1, -0.05) is 35.3 Å². The molecule has 0 amide bonds. The Morgan fingerprint density at radius 1 is 1.00 bits per heavy atom. The molecule has 0 bridgehead atoms. The number of halogens is 2. The van der Waals surface area contributed by atoms with E-state index in [2.05, 4.69) is 15.5 Å². The van der Waals surface area contributed by atoms with Crippen molar-refractivity contribution in [3.63, 3.8) is 0 Å². The number of rotatable bonds is 3. The normalized spacial score (nSPS) is 11.7. The first kappa shape index (κ1) is 14.8. The fourth-order valence-corrected chi connectivity index (χ4v) is 2.41. The van der Waals surface area contributed by atoms with E-state index < -0.39 is 0 Å². The van der Waals surface area contributed by atoms with Gasteiger partial charge >= 0.3 is 0 Å². The lowest BCUT2D eigenvalue weighted by molar-refractivity contribution is 1.31. The third kappa shape index (κ3) is 3.21. The van der Waals surface area contributed by atoms with Gasteiger partial charge in [-0.3, -0.25) is 10.4 Å². The Morgan fingerprint density at radius 3 is 2.50 bits per heavy atom. The van der Waals surface area contributed by atoms with Crippen molar-refractivity contribution in [1.82, 2.24) is 4.98 Å². The van der Waals surface area contributed by atoms with Crippen molar-refractivity contribution in [3.8, 4) is 0 Å². The number of pyridine rings is 1. The van der Waals surface area contributed by atoms with Crippen molar-refractivity contribution < 1.29 is 0 Å². The van der Waals surface area contributed by atoms with Gasteiger partial charge in [0, 0.05) is 21.6 Å². The summed E-state index contributed by atoms with van der Waals surface area (Å²) in [7, 11) is 0. The van der Waals surface area contributed by atoms with Gasteiger partial charge in [0.2, 0.25) is 0 Å². The predicted molar refractivity (Wildman–Crippen MR) is 94.0 cm³/mol. The maximum atomic E-state index is 5.99. The molecule has 0 saturated heterocycles. The molecule has 0 fully saturated rings. The standard InChI is InChI=1S/C17H13Cl2N3/c1-11(12-2-4-13(18)5-3-12)21-22-16-8-9-20-17-10-14(19)6-7-15(16)17/h2-10H,1H3,(H,20,22)/b21-11-. The first-order chi connectivity index (χ1) is 10.6. The summed E-state index contributed by atoms with van der Waals surface area (Å²) in [6.07, 6.45) is 1.73. The summed E-state index contributed by atoms with van der Waals surface area (Å²) in [6, 6.07) is 15.1. The number of aromatic nitrogens is 1. The molecule has 1 aromatic heterocycles. The van der Waals surface area contributed by atoms with E-state index in [9.17, 15) is 0 Å². The lowest BCUT2D eigenvalue weighted by atomic mass is 10.1. The molecule has 0 aliphatic heterocycles. The summed E-state index contributed by atoms with van der Waals surface area (Å²) >= 11 is 11.9. The van der Waals surface area contributed by atoms with Gasteiger partial charge in [0.1, 0.15) is 0 Å².